The molecule has 1 fully saturated rings. The van der Waals surface area contributed by atoms with Crippen molar-refractivity contribution in [3.05, 3.63) is 23.8 Å². The maximum Gasteiger partial charge on any atom is 0.410 e. The fourth-order valence-corrected chi connectivity index (χ4v) is 5.40. The molecule has 2 amide bonds. The number of hydrogen-bond donors (Lipinski definition) is 1. The summed E-state index contributed by atoms with van der Waals surface area (Å²) in [6, 6.07) is 4.50. The van der Waals surface area contributed by atoms with Gasteiger partial charge in [-0.3, -0.25) is 9.69 Å². The second-order valence-corrected chi connectivity index (χ2v) is 11.1. The first-order valence-corrected chi connectivity index (χ1v) is 12.9. The van der Waals surface area contributed by atoms with Gasteiger partial charge in [0.2, 0.25) is 15.9 Å². The number of rotatable bonds is 7. The lowest BCUT2D eigenvalue weighted by Crippen LogP contribution is -2.54. The topological polar surface area (TPSA) is 99.3 Å². The van der Waals surface area contributed by atoms with E-state index in [0.29, 0.717) is 50.5 Å². The van der Waals surface area contributed by atoms with Crippen LogP contribution in [0.4, 0.5) is 10.5 Å². The summed E-state index contributed by atoms with van der Waals surface area (Å²) in [5, 5.41) is 2.85. The van der Waals surface area contributed by atoms with Crippen LogP contribution in [0.3, 0.4) is 0 Å². The Balaban J connectivity index is 2.04. The summed E-state index contributed by atoms with van der Waals surface area (Å²) >= 11 is 0. The van der Waals surface area contributed by atoms with Crippen molar-refractivity contribution in [2.75, 3.05) is 44.6 Å². The molecule has 1 aliphatic heterocycles. The Morgan fingerprint density at radius 1 is 1.12 bits per heavy atom. The number of ether oxygens (including phenoxy) is 1. The number of piperazine rings is 1. The summed E-state index contributed by atoms with van der Waals surface area (Å²) < 4.78 is 32.8. The van der Waals surface area contributed by atoms with E-state index in [2.05, 4.69) is 5.32 Å². The van der Waals surface area contributed by atoms with E-state index in [9.17, 15) is 18.0 Å². The van der Waals surface area contributed by atoms with E-state index in [1.165, 1.54) is 10.4 Å². The zero-order valence-corrected chi connectivity index (χ0v) is 21.7. The molecule has 0 bridgehead atoms. The van der Waals surface area contributed by atoms with Gasteiger partial charge in [0.05, 0.1) is 10.9 Å². The maximum atomic E-state index is 13.0. The molecule has 1 aromatic carbocycles. The van der Waals surface area contributed by atoms with Gasteiger partial charge in [-0.2, -0.15) is 4.31 Å². The second kappa shape index (κ2) is 10.8. The van der Waals surface area contributed by atoms with Crippen LogP contribution in [-0.4, -0.2) is 85.4 Å². The predicted molar refractivity (Wildman–Crippen MR) is 129 cm³/mol. The first kappa shape index (κ1) is 27.1. The zero-order valence-electron chi connectivity index (χ0n) is 20.8. The third-order valence-corrected chi connectivity index (χ3v) is 7.86. The van der Waals surface area contributed by atoms with Gasteiger partial charge in [0.15, 0.2) is 0 Å². The van der Waals surface area contributed by atoms with Crippen LogP contribution >= 0.6 is 0 Å². The van der Waals surface area contributed by atoms with E-state index in [0.717, 1.165) is 0 Å². The number of carbonyl (C=O) groups excluding carboxylic acids is 2. The van der Waals surface area contributed by atoms with Crippen LogP contribution in [0.25, 0.3) is 0 Å². The molecule has 1 saturated heterocycles. The minimum Gasteiger partial charge on any atom is -0.444 e. The number of aryl methyl sites for hydroxylation is 1. The minimum absolute atomic E-state index is 0.197. The van der Waals surface area contributed by atoms with E-state index >= 15 is 0 Å². The number of nitrogens with zero attached hydrogens (tertiary/aromatic N) is 3. The van der Waals surface area contributed by atoms with E-state index in [1.807, 2.05) is 25.7 Å². The molecule has 9 nitrogen and oxygen atoms in total. The number of nitrogens with one attached hydrogen (secondary N) is 1. The molecule has 1 atom stereocenters. The van der Waals surface area contributed by atoms with E-state index in [1.54, 1.807) is 44.7 Å². The molecule has 1 aromatic rings. The van der Waals surface area contributed by atoms with Crippen molar-refractivity contribution in [3.8, 4) is 0 Å². The van der Waals surface area contributed by atoms with Crippen molar-refractivity contribution >= 4 is 27.7 Å². The van der Waals surface area contributed by atoms with Crippen LogP contribution < -0.4 is 5.32 Å². The molecule has 0 aromatic heterocycles. The third kappa shape index (κ3) is 6.91. The molecule has 2 rings (SSSR count). The van der Waals surface area contributed by atoms with Crippen LogP contribution in [0.2, 0.25) is 0 Å². The average molecular weight is 483 g/mol. The summed E-state index contributed by atoms with van der Waals surface area (Å²) in [6.45, 7) is 15.4. The fourth-order valence-electron chi connectivity index (χ4n) is 3.69. The lowest BCUT2D eigenvalue weighted by molar-refractivity contribution is -0.121. The molecule has 33 heavy (non-hydrogen) atoms. The van der Waals surface area contributed by atoms with Crippen LogP contribution in [0.5, 0.6) is 0 Å². The van der Waals surface area contributed by atoms with Gasteiger partial charge in [-0.15, -0.1) is 0 Å². The summed E-state index contributed by atoms with van der Waals surface area (Å²) in [5.41, 5.74) is 0.523. The van der Waals surface area contributed by atoms with Crippen molar-refractivity contribution in [3.63, 3.8) is 0 Å². The lowest BCUT2D eigenvalue weighted by atomic mass is 10.2. The molecule has 0 radical (unpaired) electrons. The number of carbonyl (C=O) groups is 2. The zero-order chi connectivity index (χ0) is 25.0. The highest BCUT2D eigenvalue weighted by atomic mass is 32.2. The predicted octanol–water partition coefficient (Wildman–Crippen LogP) is 2.91. The van der Waals surface area contributed by atoms with Crippen LogP contribution in [0.15, 0.2) is 23.1 Å². The highest BCUT2D eigenvalue weighted by Gasteiger charge is 2.30. The Hall–Kier alpha value is -2.17. The molecule has 0 aliphatic carbocycles. The van der Waals surface area contributed by atoms with Gasteiger partial charge < -0.3 is 15.0 Å². The smallest absolute Gasteiger partial charge is 0.410 e. The number of sulfonamides is 1. The van der Waals surface area contributed by atoms with Crippen molar-refractivity contribution in [1.82, 2.24) is 14.1 Å². The monoisotopic (exact) mass is 482 g/mol. The molecular weight excluding hydrogens is 444 g/mol. The Morgan fingerprint density at radius 3 is 2.21 bits per heavy atom. The first-order valence-electron chi connectivity index (χ1n) is 11.4. The normalized spacial score (nSPS) is 16.5. The SMILES string of the molecule is CCN(CC)S(=O)(=O)c1cc(NC(=O)C(C)N2CCN(C(=O)OC(C)(C)C)CC2)ccc1C. The molecule has 1 heterocycles. The van der Waals surface area contributed by atoms with Gasteiger partial charge in [0.25, 0.3) is 0 Å². The Morgan fingerprint density at radius 2 is 1.70 bits per heavy atom. The molecule has 1 N–H and O–H groups in total. The largest absolute Gasteiger partial charge is 0.444 e. The number of benzene rings is 1. The van der Waals surface area contributed by atoms with Gasteiger partial charge in [0.1, 0.15) is 5.60 Å². The fraction of sp³-hybridized carbons (Fsp3) is 0.652. The number of anilines is 1. The van der Waals surface area contributed by atoms with Crippen LogP contribution in [-0.2, 0) is 19.6 Å². The maximum absolute atomic E-state index is 13.0. The summed E-state index contributed by atoms with van der Waals surface area (Å²) in [7, 11) is -3.64. The van der Waals surface area contributed by atoms with Crippen LogP contribution in [0.1, 0.15) is 47.1 Å². The van der Waals surface area contributed by atoms with Crippen molar-refractivity contribution in [1.29, 1.82) is 0 Å². The molecule has 186 valence electrons. The summed E-state index contributed by atoms with van der Waals surface area (Å²) in [6.07, 6.45) is -0.346. The van der Waals surface area contributed by atoms with Gasteiger partial charge in [-0.05, 0) is 52.3 Å². The van der Waals surface area contributed by atoms with E-state index in [4.69, 9.17) is 4.74 Å². The Labute approximate surface area is 198 Å². The molecule has 10 heteroatoms. The highest BCUT2D eigenvalue weighted by Crippen LogP contribution is 2.24. The number of hydrogen-bond acceptors (Lipinski definition) is 6. The van der Waals surface area contributed by atoms with Gasteiger partial charge in [0, 0.05) is 45.0 Å². The highest BCUT2D eigenvalue weighted by molar-refractivity contribution is 7.89. The summed E-state index contributed by atoms with van der Waals surface area (Å²) in [5.74, 6) is -0.226. The summed E-state index contributed by atoms with van der Waals surface area (Å²) in [4.78, 5) is 29.0. The van der Waals surface area contributed by atoms with Gasteiger partial charge >= 0.3 is 6.09 Å². The first-order chi connectivity index (χ1) is 15.3. The standard InChI is InChI=1S/C23H38N4O5S/c1-8-27(9-2)33(30,31)20-16-19(11-10-17(20)3)24-21(28)18(4)25-12-14-26(15-13-25)22(29)32-23(5,6)7/h10-11,16,18H,8-9,12-15H2,1-7H3,(H,24,28). The second-order valence-electron chi connectivity index (χ2n) is 9.24. The van der Waals surface area contributed by atoms with Crippen LogP contribution in [0, 0.1) is 6.92 Å². The number of amides is 2. The Bertz CT molecular complexity index is 946. The quantitative estimate of drug-likeness (QED) is 0.642. The molecular formula is C23H38N4O5S. The lowest BCUT2D eigenvalue weighted by Gasteiger charge is -2.37. The van der Waals surface area contributed by atoms with Crippen molar-refractivity contribution in [2.45, 2.75) is 65.0 Å². The Kier molecular flexibility index (Phi) is 8.89. The van der Waals surface area contributed by atoms with Crippen molar-refractivity contribution in [2.24, 2.45) is 0 Å². The minimum atomic E-state index is -3.64. The molecule has 1 unspecified atom stereocenters. The third-order valence-electron chi connectivity index (χ3n) is 5.67. The van der Waals surface area contributed by atoms with E-state index < -0.39 is 21.7 Å². The molecule has 0 saturated carbocycles. The van der Waals surface area contributed by atoms with Gasteiger partial charge in [-0.1, -0.05) is 19.9 Å². The van der Waals surface area contributed by atoms with E-state index in [-0.39, 0.29) is 16.9 Å². The molecule has 0 spiro atoms. The average Bonchev–Trinajstić information content (AvgIpc) is 2.74. The molecule has 1 aliphatic rings. The van der Waals surface area contributed by atoms with Crippen molar-refractivity contribution < 1.29 is 22.7 Å². The van der Waals surface area contributed by atoms with Gasteiger partial charge in [-0.25, -0.2) is 13.2 Å².